The third-order valence-corrected chi connectivity index (χ3v) is 6.50. The monoisotopic (exact) mass is 454 g/mol. The van der Waals surface area contributed by atoms with E-state index in [-0.39, 0.29) is 5.79 Å². The molecule has 3 fully saturated rings. The lowest BCUT2D eigenvalue weighted by atomic mass is 10.0. The number of carbonyl (C=O) groups is 1. The highest BCUT2D eigenvalue weighted by molar-refractivity contribution is 5.81. The van der Waals surface area contributed by atoms with Crippen LogP contribution in [-0.4, -0.2) is 65.2 Å². The maximum Gasteiger partial charge on any atom is 0.171 e. The molecule has 3 heterocycles. The molecule has 1 spiro atoms. The Bertz CT molecular complexity index is 908. The molecule has 0 amide bonds. The van der Waals surface area contributed by atoms with Gasteiger partial charge >= 0.3 is 0 Å². The van der Waals surface area contributed by atoms with Crippen LogP contribution >= 0.6 is 0 Å². The lowest BCUT2D eigenvalue weighted by Crippen LogP contribution is -2.45. The molecule has 0 aromatic heterocycles. The number of anilines is 2. The fourth-order valence-corrected chi connectivity index (χ4v) is 4.52. The number of ether oxygens (including phenoxy) is 4. The zero-order valence-corrected chi connectivity index (χ0v) is 19.6. The van der Waals surface area contributed by atoms with Crippen LogP contribution in [0.2, 0.25) is 0 Å². The molecule has 2 aromatic rings. The topological polar surface area (TPSA) is 60.5 Å². The fourth-order valence-electron chi connectivity index (χ4n) is 4.52. The molecule has 7 nitrogen and oxygen atoms in total. The number of rotatable bonds is 4. The molecule has 0 atom stereocenters. The van der Waals surface area contributed by atoms with E-state index >= 15 is 0 Å². The van der Waals surface area contributed by atoms with Gasteiger partial charge in [-0.1, -0.05) is 12.1 Å². The summed E-state index contributed by atoms with van der Waals surface area (Å²) in [6, 6.07) is 16.2. The lowest BCUT2D eigenvalue weighted by Gasteiger charge is -2.38. The van der Waals surface area contributed by atoms with E-state index in [1.807, 2.05) is 30.3 Å². The van der Waals surface area contributed by atoms with Crippen LogP contribution in [0.4, 0.5) is 11.4 Å². The molecule has 178 valence electrons. The zero-order chi connectivity index (χ0) is 23.1. The van der Waals surface area contributed by atoms with Crippen molar-refractivity contribution in [3.63, 3.8) is 0 Å². The van der Waals surface area contributed by atoms with E-state index in [0.717, 1.165) is 69.4 Å². The average Bonchev–Trinajstić information content (AvgIpc) is 3.33. The summed E-state index contributed by atoms with van der Waals surface area (Å²) in [5.74, 6) is 1.84. The lowest BCUT2D eigenvalue weighted by molar-refractivity contribution is -0.169. The number of piperidine rings is 2. The van der Waals surface area contributed by atoms with Crippen molar-refractivity contribution in [3.8, 4) is 11.5 Å². The first-order chi connectivity index (χ1) is 16.1. The molecule has 7 heteroatoms. The second-order valence-electron chi connectivity index (χ2n) is 8.52. The van der Waals surface area contributed by atoms with Crippen molar-refractivity contribution in [1.29, 1.82) is 0 Å². The SMILES string of the molecule is COc1cccc(N2CCC(=O)CC2)c1.COc1cccc(N2CCC3(CC2)OCCO3)c1. The van der Waals surface area contributed by atoms with E-state index in [0.29, 0.717) is 18.6 Å². The zero-order valence-electron chi connectivity index (χ0n) is 19.6. The summed E-state index contributed by atoms with van der Waals surface area (Å²) in [6.45, 7) is 5.05. The van der Waals surface area contributed by atoms with Gasteiger partial charge in [0.15, 0.2) is 5.79 Å². The molecule has 0 N–H and O–H groups in total. The van der Waals surface area contributed by atoms with Gasteiger partial charge in [-0.3, -0.25) is 4.79 Å². The number of methoxy groups -OCH3 is 2. The van der Waals surface area contributed by atoms with Crippen LogP contribution in [0.1, 0.15) is 25.7 Å². The standard InChI is InChI=1S/C14H19NO3.C12H15NO2/c1-16-13-4-2-3-12(11-13)15-7-5-14(6-8-15)17-9-10-18-14;1-15-12-4-2-3-10(9-12)13-7-5-11(14)6-8-13/h2-4,11H,5-10H2,1H3;2-4,9H,5-8H2,1H3. The van der Waals surface area contributed by atoms with Gasteiger partial charge in [-0.25, -0.2) is 0 Å². The molecule has 0 radical (unpaired) electrons. The first-order valence-electron chi connectivity index (χ1n) is 11.7. The predicted molar refractivity (Wildman–Crippen MR) is 129 cm³/mol. The Morgan fingerprint density at radius 2 is 1.24 bits per heavy atom. The van der Waals surface area contributed by atoms with Gasteiger partial charge in [0, 0.05) is 75.4 Å². The molecular weight excluding hydrogens is 420 g/mol. The molecule has 3 aliphatic heterocycles. The average molecular weight is 455 g/mol. The van der Waals surface area contributed by atoms with Gasteiger partial charge in [-0.05, 0) is 24.3 Å². The van der Waals surface area contributed by atoms with Crippen molar-refractivity contribution in [2.24, 2.45) is 0 Å². The third-order valence-electron chi connectivity index (χ3n) is 6.50. The van der Waals surface area contributed by atoms with E-state index < -0.39 is 0 Å². The van der Waals surface area contributed by atoms with E-state index in [1.165, 1.54) is 5.69 Å². The second kappa shape index (κ2) is 10.9. The Kier molecular flexibility index (Phi) is 7.73. The van der Waals surface area contributed by atoms with Crippen LogP contribution in [0.3, 0.4) is 0 Å². The summed E-state index contributed by atoms with van der Waals surface area (Å²) < 4.78 is 21.9. The Morgan fingerprint density at radius 1 is 0.758 bits per heavy atom. The van der Waals surface area contributed by atoms with Crippen LogP contribution in [0.5, 0.6) is 11.5 Å². The van der Waals surface area contributed by atoms with Crippen molar-refractivity contribution in [3.05, 3.63) is 48.5 Å². The van der Waals surface area contributed by atoms with Gasteiger partial charge in [-0.15, -0.1) is 0 Å². The van der Waals surface area contributed by atoms with Gasteiger partial charge in [-0.2, -0.15) is 0 Å². The Morgan fingerprint density at radius 3 is 1.73 bits per heavy atom. The van der Waals surface area contributed by atoms with E-state index in [2.05, 4.69) is 28.0 Å². The smallest absolute Gasteiger partial charge is 0.171 e. The number of nitrogens with zero attached hydrogens (tertiary/aromatic N) is 2. The molecule has 0 unspecified atom stereocenters. The van der Waals surface area contributed by atoms with E-state index in [9.17, 15) is 4.79 Å². The predicted octanol–water partition coefficient (Wildman–Crippen LogP) is 3.90. The molecule has 0 aliphatic carbocycles. The van der Waals surface area contributed by atoms with Gasteiger partial charge in [0.1, 0.15) is 17.3 Å². The number of hydrogen-bond acceptors (Lipinski definition) is 7. The molecule has 3 aliphatic rings. The summed E-state index contributed by atoms with van der Waals surface area (Å²) in [5.41, 5.74) is 2.35. The maximum absolute atomic E-state index is 11.1. The van der Waals surface area contributed by atoms with Crippen LogP contribution < -0.4 is 19.3 Å². The first-order valence-corrected chi connectivity index (χ1v) is 11.7. The van der Waals surface area contributed by atoms with E-state index in [4.69, 9.17) is 18.9 Å². The number of ketones is 1. The second-order valence-corrected chi connectivity index (χ2v) is 8.52. The van der Waals surface area contributed by atoms with Crippen LogP contribution in [0, 0.1) is 0 Å². The van der Waals surface area contributed by atoms with Gasteiger partial charge in [0.2, 0.25) is 0 Å². The van der Waals surface area contributed by atoms with Gasteiger partial charge < -0.3 is 28.7 Å². The minimum absolute atomic E-state index is 0.296. The highest BCUT2D eigenvalue weighted by Crippen LogP contribution is 2.33. The Labute approximate surface area is 196 Å². The van der Waals surface area contributed by atoms with E-state index in [1.54, 1.807) is 14.2 Å². The maximum atomic E-state index is 11.1. The van der Waals surface area contributed by atoms with Crippen molar-refractivity contribution < 1.29 is 23.7 Å². The summed E-state index contributed by atoms with van der Waals surface area (Å²) in [5, 5.41) is 0. The van der Waals surface area contributed by atoms with Crippen LogP contribution in [0.25, 0.3) is 0 Å². The normalized spacial score (nSPS) is 19.8. The molecule has 0 bridgehead atoms. The Hall–Kier alpha value is -2.77. The number of benzene rings is 2. The summed E-state index contributed by atoms with van der Waals surface area (Å²) in [4.78, 5) is 15.7. The minimum atomic E-state index is -0.296. The molecular formula is C26H34N2O5. The summed E-state index contributed by atoms with van der Waals surface area (Å²) >= 11 is 0. The summed E-state index contributed by atoms with van der Waals surface area (Å²) in [6.07, 6.45) is 3.20. The van der Waals surface area contributed by atoms with Gasteiger partial charge in [0.25, 0.3) is 0 Å². The first kappa shape index (κ1) is 23.4. The molecule has 5 rings (SSSR count). The van der Waals surface area contributed by atoms with Gasteiger partial charge in [0.05, 0.1) is 27.4 Å². The third kappa shape index (κ3) is 5.97. The summed E-state index contributed by atoms with van der Waals surface area (Å²) in [7, 11) is 3.36. The molecule has 33 heavy (non-hydrogen) atoms. The van der Waals surface area contributed by atoms with Crippen molar-refractivity contribution in [2.75, 3.05) is 63.4 Å². The van der Waals surface area contributed by atoms with Crippen molar-refractivity contribution >= 4 is 17.2 Å². The number of hydrogen-bond donors (Lipinski definition) is 0. The largest absolute Gasteiger partial charge is 0.497 e. The Balaban J connectivity index is 0.000000160. The van der Waals surface area contributed by atoms with Crippen molar-refractivity contribution in [2.45, 2.75) is 31.5 Å². The van der Waals surface area contributed by atoms with Crippen LogP contribution in [-0.2, 0) is 14.3 Å². The van der Waals surface area contributed by atoms with Crippen LogP contribution in [0.15, 0.2) is 48.5 Å². The minimum Gasteiger partial charge on any atom is -0.497 e. The number of Topliss-reactive ketones (excluding diaryl/α,β-unsaturated/α-hetero) is 1. The molecule has 3 saturated heterocycles. The van der Waals surface area contributed by atoms with Crippen molar-refractivity contribution in [1.82, 2.24) is 0 Å². The quantitative estimate of drug-likeness (QED) is 0.694. The molecule has 2 aromatic carbocycles. The number of carbonyl (C=O) groups excluding carboxylic acids is 1. The highest BCUT2D eigenvalue weighted by atomic mass is 16.7. The fraction of sp³-hybridized carbons (Fsp3) is 0.500. The molecule has 0 saturated carbocycles. The highest BCUT2D eigenvalue weighted by Gasteiger charge is 2.39.